The maximum atomic E-state index is 12.0. The number of amides is 1. The summed E-state index contributed by atoms with van der Waals surface area (Å²) in [6, 6.07) is 9.91. The summed E-state index contributed by atoms with van der Waals surface area (Å²) in [5.74, 6) is 1.66. The van der Waals surface area contributed by atoms with E-state index >= 15 is 0 Å². The van der Waals surface area contributed by atoms with Crippen molar-refractivity contribution in [1.82, 2.24) is 20.8 Å². The number of nitrogens with zero attached hydrogens (tertiary/aromatic N) is 1. The molecule has 2 aromatic rings. The number of carbonyl (C=O) groups is 1. The van der Waals surface area contributed by atoms with Crippen LogP contribution in [0.4, 0.5) is 10.6 Å². The third kappa shape index (κ3) is 6.15. The Morgan fingerprint density at radius 1 is 1.26 bits per heavy atom. The molecule has 1 aliphatic rings. The van der Waals surface area contributed by atoms with Gasteiger partial charge in [0.15, 0.2) is 0 Å². The predicted octanol–water partition coefficient (Wildman–Crippen LogP) is 0.705. The number of methoxy groups -OCH3 is 1. The summed E-state index contributed by atoms with van der Waals surface area (Å²) >= 11 is 0. The molecule has 9 heteroatoms. The lowest BCUT2D eigenvalue weighted by Gasteiger charge is -2.20. The number of H-pyrrole nitrogens is 1. The molecule has 2 unspecified atom stereocenters. The van der Waals surface area contributed by atoms with Crippen LogP contribution in [0, 0.1) is 0 Å². The van der Waals surface area contributed by atoms with E-state index in [9.17, 15) is 4.79 Å². The molecule has 1 saturated heterocycles. The van der Waals surface area contributed by atoms with Crippen LogP contribution >= 0.6 is 0 Å². The fourth-order valence-corrected chi connectivity index (χ4v) is 3.00. The van der Waals surface area contributed by atoms with E-state index in [0.29, 0.717) is 13.1 Å². The van der Waals surface area contributed by atoms with E-state index in [1.165, 1.54) is 5.56 Å². The molecule has 0 spiro atoms. The summed E-state index contributed by atoms with van der Waals surface area (Å²) < 4.78 is 10.8. The van der Waals surface area contributed by atoms with Crippen LogP contribution in [0.1, 0.15) is 12.0 Å². The second kappa shape index (κ2) is 10.4. The van der Waals surface area contributed by atoms with Crippen LogP contribution in [0.5, 0.6) is 5.75 Å². The van der Waals surface area contributed by atoms with E-state index in [1.807, 2.05) is 30.3 Å². The van der Waals surface area contributed by atoms with Crippen LogP contribution in [-0.4, -0.2) is 60.7 Å². The maximum absolute atomic E-state index is 12.0. The Morgan fingerprint density at radius 3 is 2.78 bits per heavy atom. The number of alkyl carbamates (subject to hydrolysis) is 1. The lowest BCUT2D eigenvalue weighted by molar-refractivity contribution is 0.0904. The SMILES string of the molecule is COc1ccc(CC2NCCC2OC(=O)NCCNc2ccn[nH]2)cc1.O. The first-order valence-corrected chi connectivity index (χ1v) is 8.78. The second-order valence-corrected chi connectivity index (χ2v) is 6.17. The molecule has 6 N–H and O–H groups in total. The Balaban J connectivity index is 0.00000261. The zero-order valence-corrected chi connectivity index (χ0v) is 15.3. The topological polar surface area (TPSA) is 132 Å². The van der Waals surface area contributed by atoms with E-state index in [1.54, 1.807) is 13.3 Å². The number of hydrogen-bond acceptors (Lipinski definition) is 6. The summed E-state index contributed by atoms with van der Waals surface area (Å²) in [5.41, 5.74) is 1.18. The van der Waals surface area contributed by atoms with Gasteiger partial charge in [0.1, 0.15) is 17.7 Å². The maximum Gasteiger partial charge on any atom is 0.407 e. The molecule has 0 radical (unpaired) electrons. The van der Waals surface area contributed by atoms with Gasteiger partial charge >= 0.3 is 6.09 Å². The highest BCUT2D eigenvalue weighted by Crippen LogP contribution is 2.18. The Hall–Kier alpha value is -2.78. The fourth-order valence-electron chi connectivity index (χ4n) is 3.00. The van der Waals surface area contributed by atoms with Gasteiger partial charge in [0, 0.05) is 19.1 Å². The first kappa shape index (κ1) is 20.5. The minimum Gasteiger partial charge on any atom is -0.497 e. The number of aromatic amines is 1. The molecule has 27 heavy (non-hydrogen) atoms. The Kier molecular flexibility index (Phi) is 7.90. The Labute approximate surface area is 158 Å². The van der Waals surface area contributed by atoms with Crippen molar-refractivity contribution in [2.75, 3.05) is 32.1 Å². The van der Waals surface area contributed by atoms with Crippen molar-refractivity contribution in [1.29, 1.82) is 0 Å². The average molecular weight is 377 g/mol. The van der Waals surface area contributed by atoms with Crippen molar-refractivity contribution >= 4 is 11.9 Å². The molecule has 2 atom stereocenters. The number of benzene rings is 1. The van der Waals surface area contributed by atoms with Crippen LogP contribution in [0.25, 0.3) is 0 Å². The van der Waals surface area contributed by atoms with Gasteiger partial charge in [-0.2, -0.15) is 5.10 Å². The number of carbonyl (C=O) groups excluding carboxylic acids is 1. The van der Waals surface area contributed by atoms with Crippen molar-refractivity contribution in [3.8, 4) is 5.75 Å². The van der Waals surface area contributed by atoms with Crippen LogP contribution in [0.15, 0.2) is 36.5 Å². The van der Waals surface area contributed by atoms with E-state index in [0.717, 1.165) is 31.0 Å². The van der Waals surface area contributed by atoms with Crippen molar-refractivity contribution < 1.29 is 19.7 Å². The minimum absolute atomic E-state index is 0. The van der Waals surface area contributed by atoms with Crippen molar-refractivity contribution in [2.24, 2.45) is 0 Å². The van der Waals surface area contributed by atoms with Gasteiger partial charge in [-0.25, -0.2) is 4.79 Å². The number of nitrogens with one attached hydrogen (secondary N) is 4. The third-order valence-electron chi connectivity index (χ3n) is 4.37. The van der Waals surface area contributed by atoms with Crippen LogP contribution in [-0.2, 0) is 11.2 Å². The van der Waals surface area contributed by atoms with Crippen LogP contribution in [0.2, 0.25) is 0 Å². The number of anilines is 1. The molecule has 1 aliphatic heterocycles. The molecule has 0 aliphatic carbocycles. The summed E-state index contributed by atoms with van der Waals surface area (Å²) in [6.07, 6.45) is 2.78. The molecule has 1 aromatic heterocycles. The zero-order valence-electron chi connectivity index (χ0n) is 15.3. The third-order valence-corrected chi connectivity index (χ3v) is 4.37. The number of ether oxygens (including phenoxy) is 2. The van der Waals surface area contributed by atoms with E-state index < -0.39 is 0 Å². The van der Waals surface area contributed by atoms with Gasteiger partial charge in [-0.15, -0.1) is 0 Å². The average Bonchev–Trinajstić information content (AvgIpc) is 3.32. The molecule has 1 aromatic carbocycles. The van der Waals surface area contributed by atoms with Gasteiger partial charge in [-0.1, -0.05) is 12.1 Å². The van der Waals surface area contributed by atoms with E-state index in [-0.39, 0.29) is 23.7 Å². The molecule has 1 fully saturated rings. The normalized spacial score (nSPS) is 18.4. The van der Waals surface area contributed by atoms with Crippen LogP contribution in [0.3, 0.4) is 0 Å². The minimum atomic E-state index is -0.384. The smallest absolute Gasteiger partial charge is 0.407 e. The quantitative estimate of drug-likeness (QED) is 0.501. The number of rotatable bonds is 8. The number of aromatic nitrogens is 2. The zero-order chi connectivity index (χ0) is 18.2. The second-order valence-electron chi connectivity index (χ2n) is 6.17. The Morgan fingerprint density at radius 2 is 2.07 bits per heavy atom. The monoisotopic (exact) mass is 377 g/mol. The summed E-state index contributed by atoms with van der Waals surface area (Å²) in [6.45, 7) is 1.91. The predicted molar refractivity (Wildman–Crippen MR) is 102 cm³/mol. The van der Waals surface area contributed by atoms with Gasteiger partial charge < -0.3 is 30.9 Å². The van der Waals surface area contributed by atoms with E-state index in [2.05, 4.69) is 26.1 Å². The van der Waals surface area contributed by atoms with Crippen molar-refractivity contribution in [2.45, 2.75) is 25.0 Å². The van der Waals surface area contributed by atoms with Gasteiger partial charge in [0.2, 0.25) is 0 Å². The molecule has 0 saturated carbocycles. The first-order valence-electron chi connectivity index (χ1n) is 8.78. The number of hydrogen-bond donors (Lipinski definition) is 4. The highest BCUT2D eigenvalue weighted by atomic mass is 16.6. The van der Waals surface area contributed by atoms with Crippen molar-refractivity contribution in [3.63, 3.8) is 0 Å². The summed E-state index contributed by atoms with van der Waals surface area (Å²) in [4.78, 5) is 12.0. The molecular weight excluding hydrogens is 350 g/mol. The lowest BCUT2D eigenvalue weighted by atomic mass is 10.0. The van der Waals surface area contributed by atoms with E-state index in [4.69, 9.17) is 9.47 Å². The molecule has 0 bridgehead atoms. The summed E-state index contributed by atoms with van der Waals surface area (Å²) in [7, 11) is 1.65. The molecule has 1 amide bonds. The van der Waals surface area contributed by atoms with Crippen molar-refractivity contribution in [3.05, 3.63) is 42.1 Å². The summed E-state index contributed by atoms with van der Waals surface area (Å²) in [5, 5.41) is 15.9. The molecule has 2 heterocycles. The largest absolute Gasteiger partial charge is 0.497 e. The molecule has 3 rings (SSSR count). The Bertz CT molecular complexity index is 678. The van der Waals surface area contributed by atoms with Gasteiger partial charge in [0.25, 0.3) is 0 Å². The van der Waals surface area contributed by atoms with Crippen LogP contribution < -0.4 is 20.7 Å². The first-order chi connectivity index (χ1) is 12.7. The molecule has 9 nitrogen and oxygen atoms in total. The lowest BCUT2D eigenvalue weighted by Crippen LogP contribution is -2.39. The fraction of sp³-hybridized carbons (Fsp3) is 0.444. The highest BCUT2D eigenvalue weighted by Gasteiger charge is 2.30. The standard InChI is InChI=1S/C18H25N5O3.H2O/c1-25-14-4-2-13(3-5-14)12-15-16(6-8-19-15)26-18(24)21-11-10-20-17-7-9-22-23-17;/h2-5,7,9,15-16,19H,6,8,10-12H2,1H3,(H,21,24)(H2,20,22,23);1H2. The van der Waals surface area contributed by atoms with Gasteiger partial charge in [-0.05, 0) is 43.1 Å². The van der Waals surface area contributed by atoms with Gasteiger partial charge in [0.05, 0.1) is 13.3 Å². The highest BCUT2D eigenvalue weighted by molar-refractivity contribution is 5.67. The molecule has 148 valence electrons. The molecular formula is C18H27N5O4. The van der Waals surface area contributed by atoms with Gasteiger partial charge in [-0.3, -0.25) is 5.10 Å².